The van der Waals surface area contributed by atoms with E-state index in [-0.39, 0.29) is 11.8 Å². The molecule has 9 heteroatoms. The number of hydrogen-bond acceptors (Lipinski definition) is 6. The summed E-state index contributed by atoms with van der Waals surface area (Å²) in [5.74, 6) is 0.395. The SMILES string of the molecule is N#C[N+](=C(N)Oc1ccccc1)c1cccc(-c2ccnc3c(C(=O)c4cccs4)cnn23)c1. The summed E-state index contributed by atoms with van der Waals surface area (Å²) < 4.78 is 8.45. The highest BCUT2D eigenvalue weighted by molar-refractivity contribution is 7.12. The van der Waals surface area contributed by atoms with Crippen LogP contribution in [0.2, 0.25) is 0 Å². The van der Waals surface area contributed by atoms with Crippen molar-refractivity contribution in [1.82, 2.24) is 14.6 Å². The van der Waals surface area contributed by atoms with E-state index in [4.69, 9.17) is 10.5 Å². The number of nitrogens with zero attached hydrogens (tertiary/aromatic N) is 5. The molecule has 0 unspecified atom stereocenters. The van der Waals surface area contributed by atoms with Crippen molar-refractivity contribution in [1.29, 1.82) is 5.26 Å². The molecule has 0 bridgehead atoms. The Kier molecular flexibility index (Phi) is 5.56. The predicted molar refractivity (Wildman–Crippen MR) is 128 cm³/mol. The first kappa shape index (κ1) is 21.1. The number of fused-ring (bicyclic) bond motifs is 1. The lowest BCUT2D eigenvalue weighted by molar-refractivity contribution is -0.351. The summed E-state index contributed by atoms with van der Waals surface area (Å²) in [6, 6.07) is 21.5. The minimum atomic E-state index is -0.125. The number of carbonyl (C=O) groups excluding carboxylic acids is 1. The van der Waals surface area contributed by atoms with Crippen LogP contribution in [0.4, 0.5) is 5.69 Å². The van der Waals surface area contributed by atoms with Crippen LogP contribution in [0.3, 0.4) is 0 Å². The number of nitriles is 1. The Morgan fingerprint density at radius 1 is 1.09 bits per heavy atom. The molecule has 2 N–H and O–H groups in total. The number of ether oxygens (including phenoxy) is 1. The van der Waals surface area contributed by atoms with E-state index >= 15 is 0 Å². The van der Waals surface area contributed by atoms with Gasteiger partial charge in [0.15, 0.2) is 5.65 Å². The number of ketones is 1. The number of para-hydroxylation sites is 1. The lowest BCUT2D eigenvalue weighted by Gasteiger charge is -2.08. The standard InChI is InChI=1S/C25H16N6O2S/c26-16-30(25(27)33-19-8-2-1-3-9-19)18-7-4-6-17(14-18)21-11-12-28-24-20(15-29-31(21)24)23(32)22-10-5-13-34-22/h1-15,27H/p+1. The Bertz CT molecular complexity index is 1570. The Hall–Kier alpha value is -4.81. The van der Waals surface area contributed by atoms with Gasteiger partial charge in [0.25, 0.3) is 0 Å². The van der Waals surface area contributed by atoms with Gasteiger partial charge in [-0.15, -0.1) is 15.9 Å². The van der Waals surface area contributed by atoms with Crippen LogP contribution in [0, 0.1) is 11.5 Å². The minimum Gasteiger partial charge on any atom is -0.403 e. The number of rotatable bonds is 5. The third-order valence-electron chi connectivity index (χ3n) is 5.08. The van der Waals surface area contributed by atoms with E-state index in [0.717, 1.165) is 5.56 Å². The van der Waals surface area contributed by atoms with Crippen molar-refractivity contribution < 1.29 is 14.1 Å². The Balaban J connectivity index is 1.55. The van der Waals surface area contributed by atoms with Gasteiger partial charge in [0.2, 0.25) is 5.78 Å². The second kappa shape index (κ2) is 8.97. The average molecular weight is 466 g/mol. The van der Waals surface area contributed by atoms with Gasteiger partial charge in [0.1, 0.15) is 11.4 Å². The van der Waals surface area contributed by atoms with E-state index in [0.29, 0.717) is 33.2 Å². The van der Waals surface area contributed by atoms with E-state index in [1.54, 1.807) is 53.2 Å². The molecule has 0 aliphatic rings. The predicted octanol–water partition coefficient (Wildman–Crippen LogP) is 4.21. The van der Waals surface area contributed by atoms with Crippen molar-refractivity contribution in [3.63, 3.8) is 0 Å². The molecule has 0 fully saturated rings. The van der Waals surface area contributed by atoms with E-state index < -0.39 is 0 Å². The average Bonchev–Trinajstić information content (AvgIpc) is 3.55. The highest BCUT2D eigenvalue weighted by atomic mass is 32.1. The number of carbonyl (C=O) groups is 1. The zero-order valence-corrected chi connectivity index (χ0v) is 18.5. The van der Waals surface area contributed by atoms with Crippen molar-refractivity contribution in [2.45, 2.75) is 0 Å². The van der Waals surface area contributed by atoms with E-state index in [1.807, 2.05) is 35.7 Å². The van der Waals surface area contributed by atoms with Crippen LogP contribution in [-0.2, 0) is 0 Å². The van der Waals surface area contributed by atoms with Crippen molar-refractivity contribution >= 4 is 34.5 Å². The smallest absolute Gasteiger partial charge is 0.403 e. The molecule has 164 valence electrons. The Labute approximate surface area is 198 Å². The highest BCUT2D eigenvalue weighted by Crippen LogP contribution is 2.26. The first-order valence-corrected chi connectivity index (χ1v) is 11.1. The number of benzene rings is 2. The van der Waals surface area contributed by atoms with Crippen LogP contribution in [0.5, 0.6) is 5.75 Å². The molecule has 0 aliphatic heterocycles. The molecule has 2 aromatic carbocycles. The molecule has 0 saturated carbocycles. The normalized spacial score (nSPS) is 11.6. The molecule has 0 saturated heterocycles. The Morgan fingerprint density at radius 3 is 2.71 bits per heavy atom. The van der Waals surface area contributed by atoms with Crippen molar-refractivity contribution in [3.8, 4) is 23.2 Å². The second-order valence-corrected chi connectivity index (χ2v) is 8.12. The van der Waals surface area contributed by atoms with Gasteiger partial charge in [-0.05, 0) is 41.8 Å². The summed E-state index contributed by atoms with van der Waals surface area (Å²) >= 11 is 1.37. The number of amidine groups is 1. The molecule has 0 aliphatic carbocycles. The second-order valence-electron chi connectivity index (χ2n) is 7.17. The summed E-state index contributed by atoms with van der Waals surface area (Å²) in [5, 5.41) is 16.0. The fourth-order valence-corrected chi connectivity index (χ4v) is 4.18. The number of aromatic nitrogens is 3. The highest BCUT2D eigenvalue weighted by Gasteiger charge is 2.19. The van der Waals surface area contributed by atoms with E-state index in [9.17, 15) is 10.1 Å². The van der Waals surface area contributed by atoms with Gasteiger partial charge in [-0.3, -0.25) is 10.5 Å². The first-order chi connectivity index (χ1) is 16.7. The van der Waals surface area contributed by atoms with Crippen LogP contribution in [0.25, 0.3) is 16.9 Å². The zero-order valence-electron chi connectivity index (χ0n) is 17.7. The number of hydrogen-bond donors (Lipinski definition) is 1. The summed E-state index contributed by atoms with van der Waals surface area (Å²) in [7, 11) is 0. The number of nitrogens with two attached hydrogens (primary N) is 1. The maximum Gasteiger partial charge on any atom is 0.409 e. The molecule has 5 rings (SSSR count). The third kappa shape index (κ3) is 3.90. The third-order valence-corrected chi connectivity index (χ3v) is 5.95. The molecule has 8 nitrogen and oxygen atoms in total. The first-order valence-electron chi connectivity index (χ1n) is 10.2. The van der Waals surface area contributed by atoms with Crippen molar-refractivity contribution in [2.75, 3.05) is 0 Å². The molecular formula is C25H17N6O2S+. The molecular weight excluding hydrogens is 448 g/mol. The van der Waals surface area contributed by atoms with Crippen LogP contribution in [0.1, 0.15) is 15.2 Å². The van der Waals surface area contributed by atoms with E-state index in [1.165, 1.54) is 22.1 Å². The maximum atomic E-state index is 12.9. The quantitative estimate of drug-likeness (QED) is 0.104. The van der Waals surface area contributed by atoms with Crippen LogP contribution in [0.15, 0.2) is 90.6 Å². The molecule has 0 amide bonds. The molecule has 3 aromatic heterocycles. The summed E-state index contributed by atoms with van der Waals surface area (Å²) in [6.45, 7) is 0. The summed E-state index contributed by atoms with van der Waals surface area (Å²) in [4.78, 5) is 17.9. The van der Waals surface area contributed by atoms with Crippen LogP contribution in [-0.4, -0.2) is 31.0 Å². The minimum absolute atomic E-state index is 0.0753. The van der Waals surface area contributed by atoms with Gasteiger partial charge >= 0.3 is 12.2 Å². The fourth-order valence-electron chi connectivity index (χ4n) is 3.50. The largest absolute Gasteiger partial charge is 0.409 e. The topological polar surface area (TPSA) is 109 Å². The molecule has 34 heavy (non-hydrogen) atoms. The van der Waals surface area contributed by atoms with Gasteiger partial charge in [-0.2, -0.15) is 5.10 Å². The molecule has 5 aromatic rings. The van der Waals surface area contributed by atoms with Crippen molar-refractivity contribution in [3.05, 3.63) is 101 Å². The fraction of sp³-hybridized carbons (Fsp3) is 0. The Morgan fingerprint density at radius 2 is 1.94 bits per heavy atom. The molecule has 3 heterocycles. The molecule has 0 radical (unpaired) electrons. The lowest BCUT2D eigenvalue weighted by Crippen LogP contribution is -2.28. The monoisotopic (exact) mass is 465 g/mol. The molecule has 0 spiro atoms. The number of thiophene rings is 1. The summed E-state index contributed by atoms with van der Waals surface area (Å²) in [5.41, 5.74) is 8.95. The van der Waals surface area contributed by atoms with Gasteiger partial charge in [0.05, 0.1) is 22.3 Å². The van der Waals surface area contributed by atoms with E-state index in [2.05, 4.69) is 16.3 Å². The van der Waals surface area contributed by atoms with Gasteiger partial charge in [0, 0.05) is 17.0 Å². The summed E-state index contributed by atoms with van der Waals surface area (Å²) in [6.07, 6.45) is 5.21. The van der Waals surface area contributed by atoms with Crippen LogP contribution >= 0.6 is 11.3 Å². The van der Waals surface area contributed by atoms with Gasteiger partial charge in [-0.1, -0.05) is 36.4 Å². The van der Waals surface area contributed by atoms with Crippen molar-refractivity contribution in [2.24, 2.45) is 5.73 Å². The maximum absolute atomic E-state index is 12.9. The van der Waals surface area contributed by atoms with Crippen LogP contribution < -0.4 is 10.5 Å². The molecule has 0 atom stereocenters. The van der Waals surface area contributed by atoms with Gasteiger partial charge < -0.3 is 4.74 Å². The zero-order chi connectivity index (χ0) is 23.5. The lowest BCUT2D eigenvalue weighted by atomic mass is 10.1. The van der Waals surface area contributed by atoms with Gasteiger partial charge in [-0.25, -0.2) is 9.50 Å².